The van der Waals surface area contributed by atoms with Gasteiger partial charge in [-0.1, -0.05) is 0 Å². The van der Waals surface area contributed by atoms with Gasteiger partial charge in [0, 0.05) is 67.7 Å². The van der Waals surface area contributed by atoms with E-state index in [4.69, 9.17) is 0 Å². The van der Waals surface area contributed by atoms with Crippen molar-refractivity contribution in [2.24, 2.45) is 0 Å². The number of non-ortho nitro benzene ring substituents is 1. The van der Waals surface area contributed by atoms with E-state index in [2.05, 4.69) is 26.2 Å². The number of aryl methyl sites for hydroxylation is 1. The number of anilines is 1. The third-order valence-electron chi connectivity index (χ3n) is 5.31. The molecule has 0 aliphatic carbocycles. The number of nitrogens with one attached hydrogen (secondary N) is 1. The molecule has 0 radical (unpaired) electrons. The molecule has 2 fully saturated rings. The van der Waals surface area contributed by atoms with Crippen molar-refractivity contribution in [1.82, 2.24) is 15.2 Å². The summed E-state index contributed by atoms with van der Waals surface area (Å²) in [6.07, 6.45) is 1.23. The monoisotopic (exact) mass is 341 g/mol. The summed E-state index contributed by atoms with van der Waals surface area (Å²) in [7, 11) is 0. The van der Waals surface area contributed by atoms with Crippen LogP contribution in [0.1, 0.15) is 12.1 Å². The van der Waals surface area contributed by atoms with Crippen LogP contribution < -0.4 is 10.2 Å². The van der Waals surface area contributed by atoms with Crippen LogP contribution in [0.15, 0.2) is 24.3 Å². The molecule has 2 saturated heterocycles. The van der Waals surface area contributed by atoms with Crippen LogP contribution in [0, 0.1) is 17.0 Å². The summed E-state index contributed by atoms with van der Waals surface area (Å²) >= 11 is 0. The first-order valence-corrected chi connectivity index (χ1v) is 8.87. The number of pyridine rings is 1. The Bertz CT molecular complexity index is 795. The van der Waals surface area contributed by atoms with Crippen molar-refractivity contribution in [3.05, 3.63) is 40.1 Å². The van der Waals surface area contributed by atoms with Crippen LogP contribution in [-0.2, 0) is 0 Å². The Hall–Kier alpha value is -2.25. The van der Waals surface area contributed by atoms with Crippen LogP contribution in [0.5, 0.6) is 0 Å². The second-order valence-corrected chi connectivity index (χ2v) is 6.91. The summed E-state index contributed by atoms with van der Waals surface area (Å²) in [4.78, 5) is 20.3. The second-order valence-electron chi connectivity index (χ2n) is 6.91. The lowest BCUT2D eigenvalue weighted by molar-refractivity contribution is -0.384. The number of nitro groups is 1. The van der Waals surface area contributed by atoms with Gasteiger partial charge < -0.3 is 10.2 Å². The first kappa shape index (κ1) is 16.2. The molecule has 1 unspecified atom stereocenters. The molecule has 0 saturated carbocycles. The topological polar surface area (TPSA) is 74.5 Å². The van der Waals surface area contributed by atoms with Gasteiger partial charge in [-0.2, -0.15) is 0 Å². The maximum absolute atomic E-state index is 11.1. The van der Waals surface area contributed by atoms with Gasteiger partial charge in [-0.25, -0.2) is 0 Å². The quantitative estimate of drug-likeness (QED) is 0.679. The Labute approximate surface area is 146 Å². The first-order valence-electron chi connectivity index (χ1n) is 8.87. The molecular weight excluding hydrogens is 318 g/mol. The average Bonchev–Trinajstić information content (AvgIpc) is 3.15. The third kappa shape index (κ3) is 3.17. The molecule has 1 atom stereocenters. The van der Waals surface area contributed by atoms with Gasteiger partial charge >= 0.3 is 0 Å². The van der Waals surface area contributed by atoms with Crippen molar-refractivity contribution >= 4 is 22.3 Å². The molecule has 3 heterocycles. The highest BCUT2D eigenvalue weighted by Crippen LogP contribution is 2.31. The predicted molar refractivity (Wildman–Crippen MR) is 98.2 cm³/mol. The van der Waals surface area contributed by atoms with E-state index in [0.29, 0.717) is 6.04 Å². The molecule has 2 aliphatic rings. The van der Waals surface area contributed by atoms with Gasteiger partial charge in [-0.3, -0.25) is 20.0 Å². The second kappa shape index (κ2) is 6.57. The van der Waals surface area contributed by atoms with E-state index in [1.807, 2.05) is 6.92 Å². The maximum Gasteiger partial charge on any atom is 0.270 e. The van der Waals surface area contributed by atoms with E-state index in [-0.39, 0.29) is 10.6 Å². The normalized spacial score (nSPS) is 21.8. The highest BCUT2D eigenvalue weighted by molar-refractivity contribution is 5.93. The van der Waals surface area contributed by atoms with Gasteiger partial charge in [0.1, 0.15) is 0 Å². The Morgan fingerprint density at radius 2 is 2.04 bits per heavy atom. The van der Waals surface area contributed by atoms with Gasteiger partial charge in [0.25, 0.3) is 5.69 Å². The molecule has 1 aromatic carbocycles. The van der Waals surface area contributed by atoms with Crippen molar-refractivity contribution in [2.45, 2.75) is 19.4 Å². The van der Waals surface area contributed by atoms with Crippen molar-refractivity contribution in [3.8, 4) is 0 Å². The van der Waals surface area contributed by atoms with Gasteiger partial charge in [0.05, 0.1) is 10.4 Å². The predicted octanol–water partition coefficient (Wildman–Crippen LogP) is 1.94. The van der Waals surface area contributed by atoms with E-state index in [9.17, 15) is 10.1 Å². The maximum atomic E-state index is 11.1. The van der Waals surface area contributed by atoms with E-state index in [1.165, 1.54) is 12.5 Å². The summed E-state index contributed by atoms with van der Waals surface area (Å²) in [5, 5.41) is 15.5. The number of nitrogens with zero attached hydrogens (tertiary/aromatic N) is 4. The number of benzene rings is 1. The van der Waals surface area contributed by atoms with Crippen LogP contribution in [0.4, 0.5) is 11.4 Å². The lowest BCUT2D eigenvalue weighted by Gasteiger charge is -2.39. The summed E-state index contributed by atoms with van der Waals surface area (Å²) in [5.41, 5.74) is 2.95. The number of hydrogen-bond donors (Lipinski definition) is 1. The summed E-state index contributed by atoms with van der Waals surface area (Å²) < 4.78 is 0. The van der Waals surface area contributed by atoms with E-state index >= 15 is 0 Å². The lowest BCUT2D eigenvalue weighted by Crippen LogP contribution is -2.51. The fourth-order valence-corrected chi connectivity index (χ4v) is 3.98. The van der Waals surface area contributed by atoms with Crippen LogP contribution in [0.2, 0.25) is 0 Å². The third-order valence-corrected chi connectivity index (χ3v) is 5.31. The van der Waals surface area contributed by atoms with E-state index < -0.39 is 0 Å². The molecule has 25 heavy (non-hydrogen) atoms. The SMILES string of the molecule is Cc1cc(N2CCN(C3CCNC3)CC2)c2cc([N+](=O)[O-])ccc2n1. The van der Waals surface area contributed by atoms with Crippen molar-refractivity contribution in [3.63, 3.8) is 0 Å². The Morgan fingerprint density at radius 3 is 2.72 bits per heavy atom. The molecule has 7 heteroatoms. The minimum absolute atomic E-state index is 0.120. The molecule has 2 aliphatic heterocycles. The first-order chi connectivity index (χ1) is 12.1. The number of aromatic nitrogens is 1. The number of hydrogen-bond acceptors (Lipinski definition) is 6. The van der Waals surface area contributed by atoms with Crippen LogP contribution in [-0.4, -0.2) is 60.1 Å². The van der Waals surface area contributed by atoms with Crippen LogP contribution in [0.3, 0.4) is 0 Å². The minimum Gasteiger partial charge on any atom is -0.368 e. The molecule has 1 N–H and O–H groups in total. The molecular formula is C18H23N5O2. The average molecular weight is 341 g/mol. The van der Waals surface area contributed by atoms with Gasteiger partial charge in [0.2, 0.25) is 0 Å². The Balaban J connectivity index is 1.62. The van der Waals surface area contributed by atoms with Gasteiger partial charge in [-0.15, -0.1) is 0 Å². The van der Waals surface area contributed by atoms with Crippen molar-refractivity contribution in [1.29, 1.82) is 0 Å². The minimum atomic E-state index is -0.339. The van der Waals surface area contributed by atoms with Crippen molar-refractivity contribution in [2.75, 3.05) is 44.2 Å². The molecule has 0 amide bonds. The Kier molecular flexibility index (Phi) is 4.27. The summed E-state index contributed by atoms with van der Waals surface area (Å²) in [5.74, 6) is 0. The van der Waals surface area contributed by atoms with Gasteiger partial charge in [0.15, 0.2) is 0 Å². The molecule has 4 rings (SSSR count). The van der Waals surface area contributed by atoms with E-state index in [0.717, 1.165) is 61.6 Å². The molecule has 0 bridgehead atoms. The number of rotatable bonds is 3. The fourth-order valence-electron chi connectivity index (χ4n) is 3.98. The summed E-state index contributed by atoms with van der Waals surface area (Å²) in [6, 6.07) is 7.65. The molecule has 2 aromatic rings. The fraction of sp³-hybridized carbons (Fsp3) is 0.500. The summed E-state index contributed by atoms with van der Waals surface area (Å²) in [6.45, 7) is 8.13. The zero-order valence-corrected chi connectivity index (χ0v) is 14.4. The highest BCUT2D eigenvalue weighted by atomic mass is 16.6. The molecule has 132 valence electrons. The van der Waals surface area contributed by atoms with Crippen molar-refractivity contribution < 1.29 is 4.92 Å². The Morgan fingerprint density at radius 1 is 1.24 bits per heavy atom. The van der Waals surface area contributed by atoms with Gasteiger partial charge in [-0.05, 0) is 32.0 Å². The van der Waals surface area contributed by atoms with Crippen LogP contribution >= 0.6 is 0 Å². The molecule has 1 aromatic heterocycles. The van der Waals surface area contributed by atoms with E-state index in [1.54, 1.807) is 12.1 Å². The number of piperazine rings is 1. The smallest absolute Gasteiger partial charge is 0.270 e. The standard InChI is InChI=1S/C18H23N5O2/c1-13-10-18(16-11-14(23(24)25)2-3-17(16)20-13)22-8-6-21(7-9-22)15-4-5-19-12-15/h2-3,10-11,15,19H,4-9,12H2,1H3. The highest BCUT2D eigenvalue weighted by Gasteiger charge is 2.27. The molecule has 0 spiro atoms. The van der Waals surface area contributed by atoms with Crippen LogP contribution in [0.25, 0.3) is 10.9 Å². The zero-order chi connectivity index (χ0) is 17.4. The largest absolute Gasteiger partial charge is 0.368 e. The zero-order valence-electron chi connectivity index (χ0n) is 14.4. The number of fused-ring (bicyclic) bond motifs is 1. The number of nitro benzene ring substituents is 1. The molecule has 7 nitrogen and oxygen atoms in total. The lowest BCUT2D eigenvalue weighted by atomic mass is 10.1.